The van der Waals surface area contributed by atoms with Crippen molar-refractivity contribution >= 4 is 29.9 Å². The molecule has 19 heavy (non-hydrogen) atoms. The van der Waals surface area contributed by atoms with Gasteiger partial charge in [0.15, 0.2) is 5.96 Å². The number of hydrogen-bond donors (Lipinski definition) is 2. The van der Waals surface area contributed by atoms with Gasteiger partial charge in [-0.15, -0.1) is 24.0 Å². The summed E-state index contributed by atoms with van der Waals surface area (Å²) >= 11 is 0. The number of guanidine groups is 1. The molecule has 4 nitrogen and oxygen atoms in total. The van der Waals surface area contributed by atoms with Gasteiger partial charge in [-0.05, 0) is 32.6 Å². The van der Waals surface area contributed by atoms with Gasteiger partial charge in [-0.2, -0.15) is 0 Å². The van der Waals surface area contributed by atoms with E-state index in [1.165, 1.54) is 25.7 Å². The number of hydrogen-bond acceptors (Lipinski definition) is 2. The average molecular weight is 383 g/mol. The Morgan fingerprint density at radius 3 is 2.58 bits per heavy atom. The molecule has 1 saturated carbocycles. The van der Waals surface area contributed by atoms with Crippen LogP contribution in [0.4, 0.5) is 0 Å². The molecule has 0 aromatic heterocycles. The van der Waals surface area contributed by atoms with E-state index in [2.05, 4.69) is 29.5 Å². The van der Waals surface area contributed by atoms with Crippen molar-refractivity contribution in [3.05, 3.63) is 0 Å². The maximum absolute atomic E-state index is 5.83. The first kappa shape index (κ1) is 19.0. The Morgan fingerprint density at radius 2 is 1.95 bits per heavy atom. The summed E-state index contributed by atoms with van der Waals surface area (Å²) in [7, 11) is 0. The van der Waals surface area contributed by atoms with Crippen LogP contribution in [0.2, 0.25) is 0 Å². The Kier molecular flexibility index (Phi) is 12.9. The number of nitrogens with zero attached hydrogens (tertiary/aromatic N) is 1. The van der Waals surface area contributed by atoms with E-state index in [1.54, 1.807) is 0 Å². The van der Waals surface area contributed by atoms with Gasteiger partial charge in [0.05, 0.1) is 6.10 Å². The smallest absolute Gasteiger partial charge is 0.191 e. The quantitative estimate of drug-likeness (QED) is 0.293. The topological polar surface area (TPSA) is 45.7 Å². The molecule has 1 rings (SSSR count). The van der Waals surface area contributed by atoms with Crippen molar-refractivity contribution in [1.29, 1.82) is 0 Å². The molecule has 0 spiro atoms. The van der Waals surface area contributed by atoms with Crippen LogP contribution >= 0.6 is 24.0 Å². The van der Waals surface area contributed by atoms with Crippen molar-refractivity contribution < 1.29 is 4.74 Å². The Labute approximate surface area is 135 Å². The fraction of sp³-hybridized carbons (Fsp3) is 0.929. The van der Waals surface area contributed by atoms with E-state index in [0.717, 1.165) is 45.0 Å². The van der Waals surface area contributed by atoms with E-state index in [9.17, 15) is 0 Å². The molecule has 0 radical (unpaired) electrons. The van der Waals surface area contributed by atoms with Crippen molar-refractivity contribution in [2.45, 2.75) is 58.5 Å². The highest BCUT2D eigenvalue weighted by atomic mass is 127. The zero-order chi connectivity index (χ0) is 13.1. The third-order valence-corrected chi connectivity index (χ3v) is 3.11. The van der Waals surface area contributed by atoms with Crippen LogP contribution in [-0.2, 0) is 4.74 Å². The van der Waals surface area contributed by atoms with E-state index in [4.69, 9.17) is 4.74 Å². The summed E-state index contributed by atoms with van der Waals surface area (Å²) in [5.41, 5.74) is 0. The molecule has 1 fully saturated rings. The van der Waals surface area contributed by atoms with Crippen molar-refractivity contribution in [1.82, 2.24) is 10.6 Å². The third kappa shape index (κ3) is 9.49. The minimum atomic E-state index is 0. The monoisotopic (exact) mass is 383 g/mol. The van der Waals surface area contributed by atoms with Gasteiger partial charge in [-0.1, -0.05) is 19.8 Å². The number of halogens is 1. The maximum atomic E-state index is 5.83. The van der Waals surface area contributed by atoms with Gasteiger partial charge >= 0.3 is 0 Å². The van der Waals surface area contributed by atoms with Gasteiger partial charge in [-0.25, -0.2) is 0 Å². The summed E-state index contributed by atoms with van der Waals surface area (Å²) in [6.45, 7) is 7.82. The molecule has 1 aliphatic rings. The van der Waals surface area contributed by atoms with Crippen LogP contribution in [0.3, 0.4) is 0 Å². The minimum Gasteiger partial charge on any atom is -0.378 e. The molecule has 0 amide bonds. The highest BCUT2D eigenvalue weighted by Gasteiger charge is 2.14. The highest BCUT2D eigenvalue weighted by molar-refractivity contribution is 14.0. The molecule has 114 valence electrons. The first-order chi connectivity index (χ1) is 8.86. The van der Waals surface area contributed by atoms with Crippen molar-refractivity contribution in [2.24, 2.45) is 4.99 Å². The summed E-state index contributed by atoms with van der Waals surface area (Å²) in [5.74, 6) is 0.931. The normalized spacial score (nSPS) is 16.2. The zero-order valence-corrected chi connectivity index (χ0v) is 14.7. The number of ether oxygens (including phenoxy) is 1. The van der Waals surface area contributed by atoms with Crippen LogP contribution in [0.15, 0.2) is 4.99 Å². The van der Waals surface area contributed by atoms with Crippen LogP contribution in [0.25, 0.3) is 0 Å². The molecule has 2 N–H and O–H groups in total. The van der Waals surface area contributed by atoms with Gasteiger partial charge in [0.1, 0.15) is 0 Å². The van der Waals surface area contributed by atoms with Crippen LogP contribution in [0.1, 0.15) is 52.4 Å². The zero-order valence-electron chi connectivity index (χ0n) is 12.4. The van der Waals surface area contributed by atoms with Crippen LogP contribution in [-0.4, -0.2) is 38.3 Å². The molecule has 1 aliphatic carbocycles. The molecule has 0 aliphatic heterocycles. The minimum absolute atomic E-state index is 0. The van der Waals surface area contributed by atoms with Crippen molar-refractivity contribution in [3.63, 3.8) is 0 Å². The lowest BCUT2D eigenvalue weighted by molar-refractivity contribution is 0.0574. The molecule has 0 heterocycles. The fourth-order valence-corrected chi connectivity index (χ4v) is 2.15. The molecule has 5 heteroatoms. The Balaban J connectivity index is 0.00000324. The van der Waals surface area contributed by atoms with E-state index in [0.29, 0.717) is 6.10 Å². The first-order valence-corrected chi connectivity index (χ1v) is 7.50. The highest BCUT2D eigenvalue weighted by Crippen LogP contribution is 2.20. The van der Waals surface area contributed by atoms with E-state index in [-0.39, 0.29) is 24.0 Å². The second kappa shape index (κ2) is 13.0. The summed E-state index contributed by atoms with van der Waals surface area (Å²) in [6.07, 6.45) is 7.87. The van der Waals surface area contributed by atoms with E-state index >= 15 is 0 Å². The summed E-state index contributed by atoms with van der Waals surface area (Å²) < 4.78 is 5.83. The third-order valence-electron chi connectivity index (χ3n) is 3.11. The largest absolute Gasteiger partial charge is 0.378 e. The molecule has 0 unspecified atom stereocenters. The lowest BCUT2D eigenvalue weighted by Crippen LogP contribution is -2.38. The number of nitrogens with one attached hydrogen (secondary N) is 2. The van der Waals surface area contributed by atoms with Gasteiger partial charge in [-0.3, -0.25) is 4.99 Å². The summed E-state index contributed by atoms with van der Waals surface area (Å²) in [4.78, 5) is 4.46. The summed E-state index contributed by atoms with van der Waals surface area (Å²) in [5, 5.41) is 6.59. The molecular formula is C14H30IN3O. The number of aliphatic imine (C=N–C) groups is 1. The lowest BCUT2D eigenvalue weighted by atomic mass is 10.3. The second-order valence-corrected chi connectivity index (χ2v) is 4.82. The molecule has 0 bridgehead atoms. The standard InChI is InChI=1S/C14H29N3O.HI/c1-3-10-16-14(15-4-2)17-11-7-12-18-13-8-5-6-9-13;/h13H,3-12H2,1-2H3,(H2,15,16,17);1H. The van der Waals surface area contributed by atoms with Crippen LogP contribution in [0.5, 0.6) is 0 Å². The van der Waals surface area contributed by atoms with Crippen molar-refractivity contribution in [2.75, 3.05) is 26.2 Å². The van der Waals surface area contributed by atoms with Gasteiger partial charge in [0.25, 0.3) is 0 Å². The second-order valence-electron chi connectivity index (χ2n) is 4.82. The summed E-state index contributed by atoms with van der Waals surface area (Å²) in [6, 6.07) is 0. The van der Waals surface area contributed by atoms with Gasteiger partial charge in [0, 0.05) is 26.2 Å². The van der Waals surface area contributed by atoms with Gasteiger partial charge < -0.3 is 15.4 Å². The van der Waals surface area contributed by atoms with Gasteiger partial charge in [0.2, 0.25) is 0 Å². The number of rotatable bonds is 8. The fourth-order valence-electron chi connectivity index (χ4n) is 2.15. The molecule has 0 aromatic rings. The Bertz CT molecular complexity index is 231. The maximum Gasteiger partial charge on any atom is 0.191 e. The molecule has 0 saturated heterocycles. The lowest BCUT2D eigenvalue weighted by Gasteiger charge is -2.13. The van der Waals surface area contributed by atoms with Crippen molar-refractivity contribution in [3.8, 4) is 0 Å². The Hall–Kier alpha value is -0.0400. The predicted molar refractivity (Wildman–Crippen MR) is 92.5 cm³/mol. The Morgan fingerprint density at radius 1 is 1.21 bits per heavy atom. The molecule has 0 atom stereocenters. The van der Waals surface area contributed by atoms with Crippen LogP contribution in [0, 0.1) is 0 Å². The average Bonchev–Trinajstić information content (AvgIpc) is 2.88. The van der Waals surface area contributed by atoms with E-state index < -0.39 is 0 Å². The first-order valence-electron chi connectivity index (χ1n) is 7.50. The molecule has 0 aromatic carbocycles. The predicted octanol–water partition coefficient (Wildman–Crippen LogP) is 2.92. The van der Waals surface area contributed by atoms with E-state index in [1.807, 2.05) is 0 Å². The van der Waals surface area contributed by atoms with Crippen LogP contribution < -0.4 is 10.6 Å². The SMILES string of the molecule is CCCN=C(NCC)NCCCOC1CCCC1.I. The molecular weight excluding hydrogens is 353 g/mol.